The fraction of sp³-hybridized carbons (Fsp3) is 0.263. The Morgan fingerprint density at radius 1 is 1.37 bits per heavy atom. The van der Waals surface area contributed by atoms with E-state index in [4.69, 9.17) is 4.74 Å². The van der Waals surface area contributed by atoms with E-state index >= 15 is 0 Å². The minimum absolute atomic E-state index is 0.0111. The Bertz CT molecular complexity index is 892. The van der Waals surface area contributed by atoms with Gasteiger partial charge >= 0.3 is 5.97 Å². The van der Waals surface area contributed by atoms with E-state index in [9.17, 15) is 19.1 Å². The zero-order chi connectivity index (χ0) is 19.6. The van der Waals surface area contributed by atoms with Gasteiger partial charge in [-0.1, -0.05) is 28.1 Å². The third kappa shape index (κ3) is 4.27. The first kappa shape index (κ1) is 19.7. The molecule has 0 aliphatic carbocycles. The molecule has 2 aromatic rings. The second kappa shape index (κ2) is 8.31. The van der Waals surface area contributed by atoms with Gasteiger partial charge in [0.25, 0.3) is 0 Å². The number of thioether (sulfide) groups is 1. The summed E-state index contributed by atoms with van der Waals surface area (Å²) in [6.45, 7) is 2.30. The molecule has 5 nitrogen and oxygen atoms in total. The number of anilines is 1. The number of amides is 1. The van der Waals surface area contributed by atoms with E-state index in [-0.39, 0.29) is 18.9 Å². The standard InChI is InChI=1S/C19H17BrFNO4S/c1-2-26-15-5-3-4-14-18(15)27-16(9-17(23)24)19(25)22(14)10-11-6-7-12(20)8-13(11)21/h3-8,16H,2,9-10H2,1H3,(H,23,24). The molecule has 1 unspecified atom stereocenters. The molecule has 1 N–H and O–H groups in total. The van der Waals surface area contributed by atoms with Crippen LogP contribution in [0.2, 0.25) is 0 Å². The van der Waals surface area contributed by atoms with Crippen molar-refractivity contribution in [2.24, 2.45) is 0 Å². The minimum atomic E-state index is -1.06. The summed E-state index contributed by atoms with van der Waals surface area (Å²) in [5, 5.41) is 8.38. The van der Waals surface area contributed by atoms with Crippen LogP contribution in [0.1, 0.15) is 18.9 Å². The third-order valence-corrected chi connectivity index (χ3v) is 5.85. The number of carboxylic acids is 1. The Balaban J connectivity index is 2.04. The molecule has 0 radical (unpaired) electrons. The lowest BCUT2D eigenvalue weighted by Gasteiger charge is -2.34. The van der Waals surface area contributed by atoms with Crippen LogP contribution in [0.15, 0.2) is 45.8 Å². The number of hydrogen-bond acceptors (Lipinski definition) is 4. The Morgan fingerprint density at radius 2 is 2.15 bits per heavy atom. The maximum Gasteiger partial charge on any atom is 0.305 e. The molecule has 0 saturated carbocycles. The molecule has 8 heteroatoms. The van der Waals surface area contributed by atoms with Crippen molar-refractivity contribution >= 4 is 45.3 Å². The summed E-state index contributed by atoms with van der Waals surface area (Å²) in [6, 6.07) is 9.95. The summed E-state index contributed by atoms with van der Waals surface area (Å²) in [5.74, 6) is -1.27. The first-order valence-electron chi connectivity index (χ1n) is 8.30. The lowest BCUT2D eigenvalue weighted by atomic mass is 10.1. The number of halogens is 2. The minimum Gasteiger partial charge on any atom is -0.493 e. The molecule has 2 aromatic carbocycles. The Morgan fingerprint density at radius 3 is 2.81 bits per heavy atom. The number of hydrogen-bond donors (Lipinski definition) is 1. The van der Waals surface area contributed by atoms with Crippen molar-refractivity contribution in [3.05, 3.63) is 52.3 Å². The monoisotopic (exact) mass is 453 g/mol. The van der Waals surface area contributed by atoms with E-state index in [1.165, 1.54) is 22.7 Å². The maximum atomic E-state index is 14.3. The molecule has 0 spiro atoms. The smallest absolute Gasteiger partial charge is 0.305 e. The van der Waals surface area contributed by atoms with Crippen LogP contribution in [0.3, 0.4) is 0 Å². The first-order valence-corrected chi connectivity index (χ1v) is 9.97. The van der Waals surface area contributed by atoms with Gasteiger partial charge in [0.05, 0.1) is 35.4 Å². The SMILES string of the molecule is CCOc1cccc2c1SC(CC(=O)O)C(=O)N2Cc1ccc(Br)cc1F. The number of carbonyl (C=O) groups is 2. The van der Waals surface area contributed by atoms with Crippen LogP contribution in [-0.2, 0) is 16.1 Å². The highest BCUT2D eigenvalue weighted by Crippen LogP contribution is 2.46. The highest BCUT2D eigenvalue weighted by molar-refractivity contribution is 9.10. The zero-order valence-corrected chi connectivity index (χ0v) is 16.8. The fourth-order valence-corrected chi connectivity index (χ4v) is 4.47. The van der Waals surface area contributed by atoms with Gasteiger partial charge in [0.15, 0.2) is 0 Å². The predicted molar refractivity (Wildman–Crippen MR) is 105 cm³/mol. The average Bonchev–Trinajstić information content (AvgIpc) is 2.61. The van der Waals surface area contributed by atoms with Gasteiger partial charge in [0.1, 0.15) is 11.6 Å². The van der Waals surface area contributed by atoms with E-state index in [1.807, 2.05) is 6.92 Å². The van der Waals surface area contributed by atoms with Crippen LogP contribution in [0.5, 0.6) is 5.75 Å². The summed E-state index contributed by atoms with van der Waals surface area (Å²) in [7, 11) is 0. The molecule has 142 valence electrons. The van der Waals surface area contributed by atoms with E-state index in [0.717, 1.165) is 0 Å². The van der Waals surface area contributed by atoms with Crippen molar-refractivity contribution in [1.82, 2.24) is 0 Å². The molecule has 1 aliphatic heterocycles. The summed E-state index contributed by atoms with van der Waals surface area (Å²) < 4.78 is 20.6. The van der Waals surface area contributed by atoms with Crippen LogP contribution >= 0.6 is 27.7 Å². The molecule has 1 amide bonds. The summed E-state index contributed by atoms with van der Waals surface area (Å²) in [6.07, 6.45) is -0.317. The lowest BCUT2D eigenvalue weighted by molar-refractivity contribution is -0.138. The first-order chi connectivity index (χ1) is 12.9. The largest absolute Gasteiger partial charge is 0.493 e. The van der Waals surface area contributed by atoms with Crippen molar-refractivity contribution in [2.75, 3.05) is 11.5 Å². The molecule has 1 atom stereocenters. The molecule has 3 rings (SSSR count). The molecule has 0 fully saturated rings. The number of carbonyl (C=O) groups excluding carboxylic acids is 1. The predicted octanol–water partition coefficient (Wildman–Crippen LogP) is 4.47. The van der Waals surface area contributed by atoms with Crippen LogP contribution in [-0.4, -0.2) is 28.8 Å². The van der Waals surface area contributed by atoms with Crippen molar-refractivity contribution in [3.63, 3.8) is 0 Å². The molecular formula is C19H17BrFNO4S. The molecule has 0 bridgehead atoms. The van der Waals surface area contributed by atoms with E-state index < -0.39 is 17.0 Å². The van der Waals surface area contributed by atoms with Gasteiger partial charge in [0, 0.05) is 10.0 Å². The van der Waals surface area contributed by atoms with Crippen LogP contribution in [0, 0.1) is 5.82 Å². The number of carboxylic acid groups (broad SMARTS) is 1. The van der Waals surface area contributed by atoms with E-state index in [2.05, 4.69) is 15.9 Å². The molecular weight excluding hydrogens is 437 g/mol. The number of benzene rings is 2. The van der Waals surface area contributed by atoms with Crippen LogP contribution in [0.25, 0.3) is 0 Å². The van der Waals surface area contributed by atoms with Crippen LogP contribution in [0.4, 0.5) is 10.1 Å². The van der Waals surface area contributed by atoms with Crippen molar-refractivity contribution in [1.29, 1.82) is 0 Å². The van der Waals surface area contributed by atoms with Gasteiger partial charge in [-0.05, 0) is 31.2 Å². The molecule has 1 aliphatic rings. The zero-order valence-electron chi connectivity index (χ0n) is 14.4. The number of rotatable bonds is 6. The van der Waals surface area contributed by atoms with Crippen molar-refractivity contribution in [2.45, 2.75) is 30.0 Å². The Labute approximate surface area is 168 Å². The van der Waals surface area contributed by atoms with Gasteiger partial charge in [-0.2, -0.15) is 0 Å². The molecule has 1 heterocycles. The summed E-state index contributed by atoms with van der Waals surface area (Å²) >= 11 is 4.40. The molecule has 0 aromatic heterocycles. The second-order valence-electron chi connectivity index (χ2n) is 5.90. The number of aliphatic carboxylic acids is 1. The fourth-order valence-electron chi connectivity index (χ4n) is 2.86. The topological polar surface area (TPSA) is 66.8 Å². The Hall–Kier alpha value is -2.06. The normalized spacial score (nSPS) is 16.2. The highest BCUT2D eigenvalue weighted by atomic mass is 79.9. The number of ether oxygens (including phenoxy) is 1. The third-order valence-electron chi connectivity index (χ3n) is 4.05. The number of nitrogens with zero attached hydrogens (tertiary/aromatic N) is 1. The van der Waals surface area contributed by atoms with Gasteiger partial charge in [-0.15, -0.1) is 11.8 Å². The lowest BCUT2D eigenvalue weighted by Crippen LogP contribution is -2.41. The average molecular weight is 454 g/mol. The maximum absolute atomic E-state index is 14.3. The van der Waals surface area contributed by atoms with Gasteiger partial charge in [-0.25, -0.2) is 4.39 Å². The van der Waals surface area contributed by atoms with E-state index in [1.54, 1.807) is 30.3 Å². The highest BCUT2D eigenvalue weighted by Gasteiger charge is 2.36. The van der Waals surface area contributed by atoms with Gasteiger partial charge < -0.3 is 14.7 Å². The van der Waals surface area contributed by atoms with Crippen LogP contribution < -0.4 is 9.64 Å². The molecule has 27 heavy (non-hydrogen) atoms. The second-order valence-corrected chi connectivity index (χ2v) is 8.03. The van der Waals surface area contributed by atoms with Crippen molar-refractivity contribution < 1.29 is 23.8 Å². The van der Waals surface area contributed by atoms with Gasteiger partial charge in [0.2, 0.25) is 5.91 Å². The molecule has 0 saturated heterocycles. The number of fused-ring (bicyclic) bond motifs is 1. The van der Waals surface area contributed by atoms with Gasteiger partial charge in [-0.3, -0.25) is 9.59 Å². The quantitative estimate of drug-likeness (QED) is 0.698. The van der Waals surface area contributed by atoms with E-state index in [0.29, 0.717) is 33.0 Å². The van der Waals surface area contributed by atoms with Crippen molar-refractivity contribution in [3.8, 4) is 5.75 Å². The Kier molecular flexibility index (Phi) is 6.06. The summed E-state index contributed by atoms with van der Waals surface area (Å²) in [4.78, 5) is 26.3. The summed E-state index contributed by atoms with van der Waals surface area (Å²) in [5.41, 5.74) is 0.945.